The number of unbranched alkanes of at least 4 members (excludes halogenated alkanes) is 6. The quantitative estimate of drug-likeness (QED) is 0.0656. The Morgan fingerprint density at radius 1 is 0.925 bits per heavy atom. The summed E-state index contributed by atoms with van der Waals surface area (Å²) < 4.78 is 11.9. The van der Waals surface area contributed by atoms with E-state index in [-0.39, 0.29) is 17.4 Å². The van der Waals surface area contributed by atoms with Crippen LogP contribution in [0, 0.1) is 5.92 Å². The molecule has 3 unspecified atom stereocenters. The predicted octanol–water partition coefficient (Wildman–Crippen LogP) is 6.84. The van der Waals surface area contributed by atoms with E-state index in [1.54, 1.807) is 24.1 Å². The normalized spacial score (nSPS) is 19.2. The number of ether oxygens (including phenoxy) is 2. The predicted molar refractivity (Wildman–Crippen MR) is 206 cm³/mol. The summed E-state index contributed by atoms with van der Waals surface area (Å²) in [6.45, 7) is 4.61. The molecule has 11 heteroatoms. The largest absolute Gasteiger partial charge is 0.506 e. The molecule has 3 aliphatic rings. The zero-order valence-corrected chi connectivity index (χ0v) is 30.7. The molecule has 0 spiro atoms. The van der Waals surface area contributed by atoms with Gasteiger partial charge in [0.25, 0.3) is 0 Å². The fraction of sp³-hybridized carbons (Fsp3) is 0.476. The third-order valence-corrected chi connectivity index (χ3v) is 10.9. The molecule has 3 atom stereocenters. The number of nitrogens with zero attached hydrogens (tertiary/aromatic N) is 2. The molecule has 4 heterocycles. The highest BCUT2D eigenvalue weighted by molar-refractivity contribution is 5.87. The van der Waals surface area contributed by atoms with Crippen LogP contribution in [0.4, 0.5) is 4.79 Å². The maximum Gasteiger partial charge on any atom is 0.408 e. The minimum absolute atomic E-state index is 0.0159. The third kappa shape index (κ3) is 9.70. The van der Waals surface area contributed by atoms with E-state index in [1.807, 2.05) is 48.5 Å². The molecule has 0 aliphatic carbocycles. The fourth-order valence-electron chi connectivity index (χ4n) is 8.12. The van der Waals surface area contributed by atoms with E-state index in [1.165, 1.54) is 12.1 Å². The van der Waals surface area contributed by atoms with Gasteiger partial charge in [0, 0.05) is 30.6 Å². The van der Waals surface area contributed by atoms with Gasteiger partial charge < -0.3 is 40.0 Å². The van der Waals surface area contributed by atoms with Gasteiger partial charge in [-0.25, -0.2) is 4.79 Å². The monoisotopic (exact) mass is 726 g/mol. The number of H-pyrrole nitrogens is 1. The van der Waals surface area contributed by atoms with Gasteiger partial charge in [0.2, 0.25) is 5.56 Å². The fourth-order valence-corrected chi connectivity index (χ4v) is 8.12. The number of carbonyl (C=O) groups is 1. The zero-order chi connectivity index (χ0) is 37.2. The van der Waals surface area contributed by atoms with Crippen LogP contribution in [-0.2, 0) is 0 Å². The van der Waals surface area contributed by atoms with Crippen LogP contribution in [0.1, 0.15) is 86.6 Å². The number of aliphatic hydroxyl groups is 1. The van der Waals surface area contributed by atoms with Crippen LogP contribution < -0.4 is 20.3 Å². The van der Waals surface area contributed by atoms with E-state index in [0.29, 0.717) is 47.0 Å². The summed E-state index contributed by atoms with van der Waals surface area (Å²) in [5, 5.41) is 35.5. The molecule has 1 aromatic heterocycles. The number of aromatic nitrogens is 1. The lowest BCUT2D eigenvalue weighted by Crippen LogP contribution is -2.59. The lowest BCUT2D eigenvalue weighted by atomic mass is 9.81. The molecule has 7 rings (SSSR count). The van der Waals surface area contributed by atoms with E-state index in [0.717, 1.165) is 95.1 Å². The van der Waals surface area contributed by atoms with Crippen molar-refractivity contribution in [3.63, 3.8) is 0 Å². The summed E-state index contributed by atoms with van der Waals surface area (Å²) in [5.41, 5.74) is 2.48. The zero-order valence-electron chi connectivity index (χ0n) is 30.7. The van der Waals surface area contributed by atoms with Crippen LogP contribution in [0.15, 0.2) is 77.6 Å². The van der Waals surface area contributed by atoms with Crippen molar-refractivity contribution in [1.29, 1.82) is 0 Å². The first-order valence-corrected chi connectivity index (χ1v) is 19.2. The molecule has 0 saturated carbocycles. The van der Waals surface area contributed by atoms with Crippen LogP contribution >= 0.6 is 0 Å². The second-order valence-electron chi connectivity index (χ2n) is 14.5. The van der Waals surface area contributed by atoms with Crippen molar-refractivity contribution in [2.24, 2.45) is 5.92 Å². The van der Waals surface area contributed by atoms with Gasteiger partial charge in [-0.15, -0.1) is 0 Å². The van der Waals surface area contributed by atoms with Gasteiger partial charge >= 0.3 is 6.09 Å². The summed E-state index contributed by atoms with van der Waals surface area (Å²) in [6.07, 6.45) is 7.90. The second-order valence-corrected chi connectivity index (χ2v) is 14.5. The van der Waals surface area contributed by atoms with E-state index in [9.17, 15) is 24.9 Å². The highest BCUT2D eigenvalue weighted by Gasteiger charge is 2.43. The van der Waals surface area contributed by atoms with E-state index >= 15 is 0 Å². The number of pyridine rings is 1. The Hall–Kier alpha value is -4.58. The number of piperidine rings is 3. The smallest absolute Gasteiger partial charge is 0.408 e. The number of phenolic OH excluding ortho intramolecular Hbond substituents is 1. The lowest BCUT2D eigenvalue weighted by molar-refractivity contribution is -0.000837. The number of aliphatic hydroxyl groups excluding tert-OH is 1. The van der Waals surface area contributed by atoms with Crippen LogP contribution in [0.3, 0.4) is 0 Å². The van der Waals surface area contributed by atoms with Crippen LogP contribution in [0.5, 0.6) is 17.2 Å². The Labute approximate surface area is 311 Å². The van der Waals surface area contributed by atoms with E-state index < -0.39 is 18.2 Å². The maximum absolute atomic E-state index is 13.0. The molecule has 53 heavy (non-hydrogen) atoms. The first kappa shape index (κ1) is 38.2. The number of nitrogens with one attached hydrogen (secondary N) is 2. The molecule has 3 aliphatic heterocycles. The molecule has 2 bridgehead atoms. The SMILES string of the molecule is COc1cc(OCCCCCCCCCNCC(O)c2ccc(O)c3[nH]c(=O)ccc23)cc(C(c2ccccc2)N(C(=O)O)C2CN3CCC2CC3)c1. The number of fused-ring (bicyclic) bond motifs is 4. The van der Waals surface area contributed by atoms with Crippen molar-refractivity contribution in [1.82, 2.24) is 20.1 Å². The Balaban J connectivity index is 0.938. The third-order valence-electron chi connectivity index (χ3n) is 10.9. The Morgan fingerprint density at radius 2 is 1.64 bits per heavy atom. The van der Waals surface area contributed by atoms with Crippen molar-refractivity contribution in [3.05, 3.63) is 99.8 Å². The number of benzene rings is 3. The van der Waals surface area contributed by atoms with Gasteiger partial charge in [-0.2, -0.15) is 0 Å². The average Bonchev–Trinajstić information content (AvgIpc) is 3.18. The molecular formula is C42H54N4O7. The molecule has 4 aromatic rings. The van der Waals surface area contributed by atoms with Gasteiger partial charge in [-0.05, 0) is 92.2 Å². The minimum atomic E-state index is -0.905. The number of hydrogen-bond donors (Lipinski definition) is 5. The Morgan fingerprint density at radius 3 is 2.34 bits per heavy atom. The standard InChI is InChI=1S/C42H54N4O7/c1-52-32-24-31(41(30-12-8-7-9-13-30)46(42(50)51)36-28-45-21-18-29(36)19-22-45)25-33(26-32)53-23-11-6-4-2-3-5-10-20-43-27-38(48)34-14-16-37(47)40-35(34)15-17-39(49)44-40/h7-9,12-17,24-26,29,36,38,41,43,47-48H,2-6,10-11,18-23,27-28H2,1H3,(H,44,49)(H,50,51). The number of phenols is 1. The molecule has 5 N–H and O–H groups in total. The van der Waals surface area contributed by atoms with Crippen LogP contribution in [0.25, 0.3) is 10.9 Å². The average molecular weight is 727 g/mol. The minimum Gasteiger partial charge on any atom is -0.506 e. The summed E-state index contributed by atoms with van der Waals surface area (Å²) in [6, 6.07) is 21.4. The van der Waals surface area contributed by atoms with Crippen molar-refractivity contribution < 1.29 is 29.6 Å². The van der Waals surface area contributed by atoms with Gasteiger partial charge in [0.1, 0.15) is 17.2 Å². The van der Waals surface area contributed by atoms with E-state index in [4.69, 9.17) is 9.47 Å². The second kappa shape index (κ2) is 18.4. The lowest BCUT2D eigenvalue weighted by Gasteiger charge is -2.50. The van der Waals surface area contributed by atoms with Crippen molar-refractivity contribution >= 4 is 17.0 Å². The number of carboxylic acid groups (broad SMARTS) is 1. The van der Waals surface area contributed by atoms with Crippen LogP contribution in [0.2, 0.25) is 0 Å². The summed E-state index contributed by atoms with van der Waals surface area (Å²) in [4.78, 5) is 31.4. The number of amides is 1. The highest BCUT2D eigenvalue weighted by Crippen LogP contribution is 2.40. The number of aromatic hydroxyl groups is 1. The van der Waals surface area contributed by atoms with Crippen molar-refractivity contribution in [2.45, 2.75) is 76.0 Å². The molecule has 3 saturated heterocycles. The van der Waals surface area contributed by atoms with Gasteiger partial charge in [-0.3, -0.25) is 9.69 Å². The molecule has 11 nitrogen and oxygen atoms in total. The Bertz CT molecular complexity index is 1840. The topological polar surface area (TPSA) is 148 Å². The van der Waals surface area contributed by atoms with Crippen LogP contribution in [-0.4, -0.2) is 88.7 Å². The van der Waals surface area contributed by atoms with Crippen molar-refractivity contribution in [3.8, 4) is 17.2 Å². The number of methoxy groups -OCH3 is 1. The summed E-state index contributed by atoms with van der Waals surface area (Å²) in [7, 11) is 1.63. The molecular weight excluding hydrogens is 672 g/mol. The summed E-state index contributed by atoms with van der Waals surface area (Å²) in [5.74, 6) is 1.67. The van der Waals surface area contributed by atoms with E-state index in [2.05, 4.69) is 15.2 Å². The van der Waals surface area contributed by atoms with Crippen molar-refractivity contribution in [2.75, 3.05) is 46.4 Å². The van der Waals surface area contributed by atoms with Gasteiger partial charge in [-0.1, -0.05) is 68.5 Å². The first-order chi connectivity index (χ1) is 25.8. The molecule has 1 amide bonds. The molecule has 284 valence electrons. The molecule has 3 fully saturated rings. The maximum atomic E-state index is 13.0. The first-order valence-electron chi connectivity index (χ1n) is 19.2. The molecule has 0 radical (unpaired) electrons. The number of hydrogen-bond acceptors (Lipinski definition) is 8. The highest BCUT2D eigenvalue weighted by atomic mass is 16.5. The number of aromatic amines is 1. The summed E-state index contributed by atoms with van der Waals surface area (Å²) >= 11 is 0. The van der Waals surface area contributed by atoms with Gasteiger partial charge in [0.15, 0.2) is 0 Å². The van der Waals surface area contributed by atoms with Gasteiger partial charge in [0.05, 0.1) is 37.4 Å². The molecule has 3 aromatic carbocycles. The number of rotatable bonds is 19. The Kier molecular flexibility index (Phi) is 13.3.